The van der Waals surface area contributed by atoms with Gasteiger partial charge in [-0.05, 0) is 48.4 Å². The maximum atomic E-state index is 13.1. The molecule has 1 N–H and O–H groups in total. The number of benzene rings is 2. The van der Waals surface area contributed by atoms with E-state index >= 15 is 0 Å². The molecule has 0 bridgehead atoms. The van der Waals surface area contributed by atoms with Crippen LogP contribution in [-0.2, 0) is 14.3 Å². The lowest BCUT2D eigenvalue weighted by atomic mass is 9.95. The predicted molar refractivity (Wildman–Crippen MR) is 130 cm³/mol. The van der Waals surface area contributed by atoms with Gasteiger partial charge in [0.1, 0.15) is 30.5 Å². The van der Waals surface area contributed by atoms with Crippen LogP contribution in [0.15, 0.2) is 79.4 Å². The minimum atomic E-state index is -0.734. The molecule has 1 atom stereocenters. The van der Waals surface area contributed by atoms with E-state index in [1.54, 1.807) is 67.8 Å². The normalized spacial score (nSPS) is 17.0. The molecule has 1 heterocycles. The first-order valence-electron chi connectivity index (χ1n) is 11.0. The summed E-state index contributed by atoms with van der Waals surface area (Å²) < 4.78 is 16.1. The first-order chi connectivity index (χ1) is 16.5. The molecule has 0 aromatic heterocycles. The number of ketones is 1. The zero-order valence-corrected chi connectivity index (χ0v) is 19.2. The Labute approximate surface area is 199 Å². The average Bonchev–Trinajstić information content (AvgIpc) is 3.11. The molecule has 0 spiro atoms. The number of hydrogen-bond donors (Lipinski definition) is 1. The van der Waals surface area contributed by atoms with Crippen molar-refractivity contribution in [2.75, 3.05) is 33.5 Å². The van der Waals surface area contributed by atoms with Gasteiger partial charge in [-0.15, -0.1) is 0 Å². The van der Waals surface area contributed by atoms with Crippen molar-refractivity contribution in [2.24, 2.45) is 0 Å². The second-order valence-electron chi connectivity index (χ2n) is 7.63. The summed E-state index contributed by atoms with van der Waals surface area (Å²) in [5.41, 5.74) is 1.15. The Kier molecular flexibility index (Phi) is 8.65. The first-order valence-corrected chi connectivity index (χ1v) is 11.0. The number of likely N-dealkylation sites (tertiary alicyclic amines) is 1. The van der Waals surface area contributed by atoms with Crippen LogP contribution in [0.3, 0.4) is 0 Å². The van der Waals surface area contributed by atoms with Gasteiger partial charge in [-0.1, -0.05) is 37.4 Å². The minimum absolute atomic E-state index is 0.0435. The molecule has 1 aliphatic heterocycles. The standard InChI is InChI=1S/C27H29NO6/c1-4-16-33-21-11-7-19(8-12-21)24-23(26(30)27(31)28(24)15-6-18-32-3)25(29)20-9-13-22(14-10-20)34-17-5-2/h4-5,7-14,24,29H,1-2,6,15-18H2,3H3/t24-/m1/s1. The van der Waals surface area contributed by atoms with E-state index in [1.165, 1.54) is 4.90 Å². The Morgan fingerprint density at radius 1 is 0.971 bits per heavy atom. The van der Waals surface area contributed by atoms with Crippen LogP contribution in [0.2, 0.25) is 0 Å². The van der Waals surface area contributed by atoms with Crippen molar-refractivity contribution in [1.82, 2.24) is 4.90 Å². The van der Waals surface area contributed by atoms with Gasteiger partial charge in [0.25, 0.3) is 11.7 Å². The molecule has 1 aliphatic rings. The average molecular weight is 464 g/mol. The van der Waals surface area contributed by atoms with E-state index in [-0.39, 0.29) is 11.3 Å². The van der Waals surface area contributed by atoms with Crippen molar-refractivity contribution in [3.05, 3.63) is 90.5 Å². The van der Waals surface area contributed by atoms with Crippen molar-refractivity contribution in [3.8, 4) is 11.5 Å². The van der Waals surface area contributed by atoms with Gasteiger partial charge >= 0.3 is 0 Å². The third-order valence-electron chi connectivity index (χ3n) is 5.35. The van der Waals surface area contributed by atoms with Crippen LogP contribution in [-0.4, -0.2) is 55.2 Å². The molecule has 7 nitrogen and oxygen atoms in total. The fraction of sp³-hybridized carbons (Fsp3) is 0.259. The number of aliphatic hydroxyl groups excluding tert-OH is 1. The highest BCUT2D eigenvalue weighted by atomic mass is 16.5. The van der Waals surface area contributed by atoms with E-state index in [0.29, 0.717) is 55.4 Å². The number of rotatable bonds is 12. The van der Waals surface area contributed by atoms with E-state index in [0.717, 1.165) is 0 Å². The first kappa shape index (κ1) is 24.8. The highest BCUT2D eigenvalue weighted by Crippen LogP contribution is 2.40. The van der Waals surface area contributed by atoms with Crippen molar-refractivity contribution in [2.45, 2.75) is 12.5 Å². The second kappa shape index (κ2) is 11.9. The fourth-order valence-corrected chi connectivity index (χ4v) is 3.76. The molecular weight excluding hydrogens is 434 g/mol. The van der Waals surface area contributed by atoms with Gasteiger partial charge in [-0.25, -0.2) is 0 Å². The summed E-state index contributed by atoms with van der Waals surface area (Å²) >= 11 is 0. The molecule has 178 valence electrons. The summed E-state index contributed by atoms with van der Waals surface area (Å²) in [5.74, 6) is -0.377. The van der Waals surface area contributed by atoms with Crippen LogP contribution < -0.4 is 9.47 Å². The van der Waals surface area contributed by atoms with Crippen LogP contribution >= 0.6 is 0 Å². The third-order valence-corrected chi connectivity index (χ3v) is 5.35. The smallest absolute Gasteiger partial charge is 0.295 e. The lowest BCUT2D eigenvalue weighted by Crippen LogP contribution is -2.31. The highest BCUT2D eigenvalue weighted by Gasteiger charge is 2.45. The van der Waals surface area contributed by atoms with Crippen molar-refractivity contribution < 1.29 is 28.9 Å². The topological polar surface area (TPSA) is 85.3 Å². The Balaban J connectivity index is 2.01. The Hall–Kier alpha value is -3.84. The number of amides is 1. The zero-order valence-electron chi connectivity index (χ0n) is 19.2. The number of Topliss-reactive ketones (excluding diaryl/α,β-unsaturated/α-hetero) is 1. The molecule has 3 rings (SSSR count). The lowest BCUT2D eigenvalue weighted by molar-refractivity contribution is -0.140. The van der Waals surface area contributed by atoms with E-state index in [9.17, 15) is 14.7 Å². The monoisotopic (exact) mass is 463 g/mol. The van der Waals surface area contributed by atoms with Crippen molar-refractivity contribution in [1.29, 1.82) is 0 Å². The van der Waals surface area contributed by atoms with Gasteiger partial charge < -0.3 is 24.2 Å². The number of aliphatic hydroxyl groups is 1. The third kappa shape index (κ3) is 5.55. The predicted octanol–water partition coefficient (Wildman–Crippen LogP) is 4.27. The summed E-state index contributed by atoms with van der Waals surface area (Å²) in [5, 5.41) is 11.1. The van der Waals surface area contributed by atoms with Crippen LogP contribution in [0.4, 0.5) is 0 Å². The van der Waals surface area contributed by atoms with Gasteiger partial charge in [-0.2, -0.15) is 0 Å². The molecule has 0 saturated carbocycles. The highest BCUT2D eigenvalue weighted by molar-refractivity contribution is 6.46. The molecule has 7 heteroatoms. The molecule has 2 aromatic rings. The number of hydrogen-bond acceptors (Lipinski definition) is 6. The molecule has 0 unspecified atom stereocenters. The van der Waals surface area contributed by atoms with Gasteiger partial charge in [-0.3, -0.25) is 9.59 Å². The summed E-state index contributed by atoms with van der Waals surface area (Å²) in [7, 11) is 1.58. The Morgan fingerprint density at radius 3 is 2.06 bits per heavy atom. The van der Waals surface area contributed by atoms with E-state index in [2.05, 4.69) is 13.2 Å². The summed E-state index contributed by atoms with van der Waals surface area (Å²) in [6.45, 7) is 8.71. The van der Waals surface area contributed by atoms with Crippen LogP contribution in [0.25, 0.3) is 5.76 Å². The SMILES string of the molecule is C=CCOc1ccc(C(O)=C2C(=O)C(=O)N(CCCOC)[C@@H]2c2ccc(OCC=C)cc2)cc1. The Bertz CT molecular complexity index is 1060. The molecule has 1 fully saturated rings. The number of carbonyl (C=O) groups excluding carboxylic acids is 2. The molecule has 0 radical (unpaired) electrons. The number of methoxy groups -OCH3 is 1. The molecule has 1 amide bonds. The van der Waals surface area contributed by atoms with Crippen molar-refractivity contribution >= 4 is 17.4 Å². The molecule has 34 heavy (non-hydrogen) atoms. The minimum Gasteiger partial charge on any atom is -0.507 e. The zero-order chi connectivity index (χ0) is 24.5. The summed E-state index contributed by atoms with van der Waals surface area (Å²) in [4.78, 5) is 27.5. The lowest BCUT2D eigenvalue weighted by Gasteiger charge is -2.25. The summed E-state index contributed by atoms with van der Waals surface area (Å²) in [6.07, 6.45) is 3.83. The van der Waals surface area contributed by atoms with E-state index < -0.39 is 17.7 Å². The fourth-order valence-electron chi connectivity index (χ4n) is 3.76. The largest absolute Gasteiger partial charge is 0.507 e. The van der Waals surface area contributed by atoms with Crippen LogP contribution in [0.5, 0.6) is 11.5 Å². The van der Waals surface area contributed by atoms with E-state index in [4.69, 9.17) is 14.2 Å². The summed E-state index contributed by atoms with van der Waals surface area (Å²) in [6, 6.07) is 13.0. The molecular formula is C27H29NO6. The van der Waals surface area contributed by atoms with Gasteiger partial charge in [0.15, 0.2) is 0 Å². The number of ether oxygens (including phenoxy) is 3. The number of carbonyl (C=O) groups is 2. The quantitative estimate of drug-likeness (QED) is 0.166. The van der Waals surface area contributed by atoms with Crippen LogP contribution in [0, 0.1) is 0 Å². The molecule has 1 saturated heterocycles. The van der Waals surface area contributed by atoms with Crippen molar-refractivity contribution in [3.63, 3.8) is 0 Å². The van der Waals surface area contributed by atoms with E-state index in [1.807, 2.05) is 0 Å². The van der Waals surface area contributed by atoms with Gasteiger partial charge in [0.2, 0.25) is 0 Å². The van der Waals surface area contributed by atoms with Gasteiger partial charge in [0.05, 0.1) is 11.6 Å². The maximum absolute atomic E-state index is 13.1. The maximum Gasteiger partial charge on any atom is 0.295 e. The Morgan fingerprint density at radius 2 is 1.53 bits per heavy atom. The second-order valence-corrected chi connectivity index (χ2v) is 7.63. The van der Waals surface area contributed by atoms with Gasteiger partial charge in [0, 0.05) is 25.8 Å². The van der Waals surface area contributed by atoms with Crippen LogP contribution in [0.1, 0.15) is 23.6 Å². The number of nitrogens with zero attached hydrogens (tertiary/aromatic N) is 1. The molecule has 2 aromatic carbocycles. The molecule has 0 aliphatic carbocycles.